The summed E-state index contributed by atoms with van der Waals surface area (Å²) in [5.74, 6) is 0.383. The Morgan fingerprint density at radius 1 is 1.28 bits per heavy atom. The van der Waals surface area contributed by atoms with Gasteiger partial charge in [0.2, 0.25) is 0 Å². The number of aromatic amines is 1. The Bertz CT molecular complexity index is 1020. The van der Waals surface area contributed by atoms with E-state index in [9.17, 15) is 4.79 Å². The minimum atomic E-state index is -0.174. The van der Waals surface area contributed by atoms with E-state index in [1.165, 1.54) is 24.1 Å². The summed E-state index contributed by atoms with van der Waals surface area (Å²) in [6, 6.07) is 3.70. The summed E-state index contributed by atoms with van der Waals surface area (Å²) in [5, 5.41) is 4.03. The van der Waals surface area contributed by atoms with E-state index in [2.05, 4.69) is 25.2 Å². The van der Waals surface area contributed by atoms with E-state index in [-0.39, 0.29) is 24.4 Å². The molecule has 4 N–H and O–H groups in total. The van der Waals surface area contributed by atoms with Gasteiger partial charge in [0.05, 0.1) is 22.3 Å². The lowest BCUT2D eigenvalue weighted by atomic mass is 10.0. The Balaban J connectivity index is 0.00000205. The third kappa shape index (κ3) is 3.80. The number of nitrogens with one attached hydrogen (secondary N) is 2. The molecule has 1 saturated heterocycles. The summed E-state index contributed by atoms with van der Waals surface area (Å²) in [7, 11) is 0. The molecule has 0 bridgehead atoms. The van der Waals surface area contributed by atoms with Gasteiger partial charge < -0.3 is 20.9 Å². The molecule has 8 heteroatoms. The van der Waals surface area contributed by atoms with Crippen molar-refractivity contribution >= 4 is 40.7 Å². The lowest BCUT2D eigenvalue weighted by molar-refractivity contribution is 0.102. The fraction of sp³-hybridized carbons (Fsp3) is 0.381. The maximum absolute atomic E-state index is 12.7. The van der Waals surface area contributed by atoms with Gasteiger partial charge in [0.15, 0.2) is 0 Å². The van der Waals surface area contributed by atoms with Crippen molar-refractivity contribution in [3.63, 3.8) is 0 Å². The molecule has 1 unspecified atom stereocenters. The molecule has 1 saturated carbocycles. The zero-order valence-corrected chi connectivity index (χ0v) is 16.9. The predicted octanol–water partition coefficient (Wildman–Crippen LogP) is 3.44. The molecule has 1 aliphatic heterocycles. The van der Waals surface area contributed by atoms with Gasteiger partial charge in [-0.3, -0.25) is 9.78 Å². The van der Waals surface area contributed by atoms with Crippen molar-refractivity contribution < 1.29 is 4.79 Å². The fourth-order valence-corrected chi connectivity index (χ4v) is 4.13. The highest BCUT2D eigenvalue weighted by atomic mass is 35.5. The number of H-pyrrole nitrogens is 1. The number of carbonyl (C=O) groups excluding carboxylic acids is 1. The smallest absolute Gasteiger partial charge is 0.257 e. The maximum atomic E-state index is 12.7. The number of nitrogens with zero attached hydrogens (tertiary/aromatic N) is 3. The molecule has 1 aliphatic carbocycles. The van der Waals surface area contributed by atoms with Crippen molar-refractivity contribution in [3.8, 4) is 0 Å². The second-order valence-electron chi connectivity index (χ2n) is 7.81. The average molecular weight is 413 g/mol. The number of rotatable bonds is 4. The molecule has 7 nitrogen and oxygen atoms in total. The number of halogens is 1. The minimum absolute atomic E-state index is 0. The van der Waals surface area contributed by atoms with Gasteiger partial charge in [0.1, 0.15) is 5.65 Å². The highest BCUT2D eigenvalue weighted by molar-refractivity contribution is 6.11. The van der Waals surface area contributed by atoms with Crippen LogP contribution in [-0.4, -0.2) is 40.0 Å². The zero-order chi connectivity index (χ0) is 19.1. The molecule has 152 valence electrons. The largest absolute Gasteiger partial charge is 0.369 e. The van der Waals surface area contributed by atoms with E-state index >= 15 is 0 Å². The second kappa shape index (κ2) is 8.00. The number of piperidine rings is 1. The highest BCUT2D eigenvalue weighted by Gasteiger charge is 2.32. The Hall–Kier alpha value is -2.64. The molecule has 0 spiro atoms. The van der Waals surface area contributed by atoms with Crippen LogP contribution in [0.25, 0.3) is 11.0 Å². The molecule has 3 aromatic heterocycles. The summed E-state index contributed by atoms with van der Waals surface area (Å²) in [5.41, 5.74) is 10.8. The van der Waals surface area contributed by atoms with Gasteiger partial charge in [0.25, 0.3) is 5.91 Å². The SMILES string of the molecule is Cl.NC1CCCN(c2c(C3CC3)cnc3[nH]cc(NC(=O)c4cccnc4)c23)C1. The number of aromatic nitrogens is 3. The number of amides is 1. The molecular formula is C21H25ClN6O. The van der Waals surface area contributed by atoms with Crippen LogP contribution < -0.4 is 16.0 Å². The van der Waals surface area contributed by atoms with Gasteiger partial charge in [0, 0.05) is 43.9 Å². The van der Waals surface area contributed by atoms with E-state index in [0.717, 1.165) is 42.7 Å². The Kier molecular flexibility index (Phi) is 5.43. The third-order valence-corrected chi connectivity index (χ3v) is 5.67. The van der Waals surface area contributed by atoms with Crippen molar-refractivity contribution in [2.75, 3.05) is 23.3 Å². The van der Waals surface area contributed by atoms with Crippen LogP contribution in [0.4, 0.5) is 11.4 Å². The fourth-order valence-electron chi connectivity index (χ4n) is 4.13. The minimum Gasteiger partial charge on any atom is -0.369 e. The molecule has 5 rings (SSSR count). The molecule has 3 aromatic rings. The van der Waals surface area contributed by atoms with Gasteiger partial charge in [-0.25, -0.2) is 4.98 Å². The summed E-state index contributed by atoms with van der Waals surface area (Å²) in [6.45, 7) is 1.81. The Morgan fingerprint density at radius 2 is 2.14 bits per heavy atom. The number of anilines is 2. The Morgan fingerprint density at radius 3 is 2.86 bits per heavy atom. The molecule has 1 atom stereocenters. The van der Waals surface area contributed by atoms with Crippen LogP contribution >= 0.6 is 12.4 Å². The van der Waals surface area contributed by atoms with Gasteiger partial charge in [-0.05, 0) is 49.3 Å². The molecule has 0 aromatic carbocycles. The van der Waals surface area contributed by atoms with Crippen LogP contribution in [0, 0.1) is 0 Å². The van der Waals surface area contributed by atoms with Gasteiger partial charge >= 0.3 is 0 Å². The lowest BCUT2D eigenvalue weighted by Gasteiger charge is -2.34. The van der Waals surface area contributed by atoms with Crippen molar-refractivity contribution in [2.45, 2.75) is 37.6 Å². The number of hydrogen-bond donors (Lipinski definition) is 3. The standard InChI is InChI=1S/C21H24N6O.ClH/c22-15-4-2-8-27(12-15)19-16(13-5-6-13)10-24-20-18(19)17(11-25-20)26-21(28)14-3-1-7-23-9-14;/h1,3,7,9-11,13,15H,2,4-6,8,12,22H2,(H,24,25)(H,26,28);1H. The number of carbonyl (C=O) groups is 1. The van der Waals surface area contributed by atoms with Crippen molar-refractivity contribution in [3.05, 3.63) is 48.0 Å². The monoisotopic (exact) mass is 412 g/mol. The van der Waals surface area contributed by atoms with E-state index in [0.29, 0.717) is 11.5 Å². The number of hydrogen-bond acceptors (Lipinski definition) is 5. The normalized spacial score (nSPS) is 19.1. The first-order valence-corrected chi connectivity index (χ1v) is 9.92. The van der Waals surface area contributed by atoms with E-state index in [1.54, 1.807) is 24.5 Å². The number of fused-ring (bicyclic) bond motifs is 1. The van der Waals surface area contributed by atoms with Crippen molar-refractivity contribution in [1.29, 1.82) is 0 Å². The summed E-state index contributed by atoms with van der Waals surface area (Å²) < 4.78 is 0. The average Bonchev–Trinajstić information content (AvgIpc) is 3.49. The number of nitrogens with two attached hydrogens (primary N) is 1. The maximum Gasteiger partial charge on any atom is 0.257 e. The predicted molar refractivity (Wildman–Crippen MR) is 117 cm³/mol. The van der Waals surface area contributed by atoms with Gasteiger partial charge in [-0.2, -0.15) is 0 Å². The Labute approximate surface area is 175 Å². The van der Waals surface area contributed by atoms with Crippen molar-refractivity contribution in [2.24, 2.45) is 5.73 Å². The lowest BCUT2D eigenvalue weighted by Crippen LogP contribution is -2.43. The quantitative estimate of drug-likeness (QED) is 0.609. The molecule has 2 aliphatic rings. The zero-order valence-electron chi connectivity index (χ0n) is 16.1. The van der Waals surface area contributed by atoms with E-state index in [1.807, 2.05) is 12.4 Å². The van der Waals surface area contributed by atoms with E-state index in [4.69, 9.17) is 5.73 Å². The molecule has 1 amide bonds. The topological polar surface area (TPSA) is 99.9 Å². The molecule has 29 heavy (non-hydrogen) atoms. The van der Waals surface area contributed by atoms with Gasteiger partial charge in [-0.1, -0.05) is 0 Å². The summed E-state index contributed by atoms with van der Waals surface area (Å²) in [4.78, 5) is 27.0. The first-order valence-electron chi connectivity index (χ1n) is 9.92. The highest BCUT2D eigenvalue weighted by Crippen LogP contribution is 2.48. The molecule has 2 fully saturated rings. The van der Waals surface area contributed by atoms with E-state index < -0.39 is 0 Å². The van der Waals surface area contributed by atoms with Gasteiger partial charge in [-0.15, -0.1) is 12.4 Å². The first-order chi connectivity index (χ1) is 13.7. The molecular weight excluding hydrogens is 388 g/mol. The third-order valence-electron chi connectivity index (χ3n) is 5.67. The van der Waals surface area contributed by atoms with Crippen LogP contribution in [0.2, 0.25) is 0 Å². The molecule has 0 radical (unpaired) electrons. The van der Waals surface area contributed by atoms with Crippen LogP contribution in [0.5, 0.6) is 0 Å². The summed E-state index contributed by atoms with van der Waals surface area (Å²) in [6.07, 6.45) is 11.6. The first kappa shape index (κ1) is 19.7. The summed E-state index contributed by atoms with van der Waals surface area (Å²) >= 11 is 0. The molecule has 4 heterocycles. The van der Waals surface area contributed by atoms with Crippen LogP contribution in [0.1, 0.15) is 47.5 Å². The van der Waals surface area contributed by atoms with Crippen LogP contribution in [0.3, 0.4) is 0 Å². The van der Waals surface area contributed by atoms with Crippen LogP contribution in [-0.2, 0) is 0 Å². The second-order valence-corrected chi connectivity index (χ2v) is 7.81. The van der Waals surface area contributed by atoms with Crippen molar-refractivity contribution in [1.82, 2.24) is 15.0 Å². The number of pyridine rings is 2. The van der Waals surface area contributed by atoms with Crippen LogP contribution in [0.15, 0.2) is 36.9 Å².